The molecule has 0 fully saturated rings. The monoisotopic (exact) mass is 291 g/mol. The van der Waals surface area contributed by atoms with Crippen molar-refractivity contribution in [3.8, 4) is 5.75 Å². The molecule has 0 aliphatic carbocycles. The fourth-order valence-electron chi connectivity index (χ4n) is 1.68. The summed E-state index contributed by atoms with van der Waals surface area (Å²) in [6.45, 7) is 0. The molecule has 0 saturated carbocycles. The maximum atomic E-state index is 11.9. The largest absolute Gasteiger partial charge is 0.495 e. The van der Waals surface area contributed by atoms with Crippen LogP contribution in [0.5, 0.6) is 5.75 Å². The molecule has 0 unspecified atom stereocenters. The van der Waals surface area contributed by atoms with E-state index in [9.17, 15) is 4.79 Å². The van der Waals surface area contributed by atoms with E-state index in [1.807, 2.05) is 0 Å². The number of benzene rings is 2. The van der Waals surface area contributed by atoms with E-state index in [1.165, 1.54) is 7.11 Å². The minimum atomic E-state index is -0.406. The van der Waals surface area contributed by atoms with Gasteiger partial charge in [-0.15, -0.1) is 0 Å². The first-order valence-corrected chi connectivity index (χ1v) is 6.23. The van der Waals surface area contributed by atoms with Crippen LogP contribution in [-0.4, -0.2) is 13.1 Å². The third kappa shape index (κ3) is 3.55. The van der Waals surface area contributed by atoms with E-state index >= 15 is 0 Å². The van der Waals surface area contributed by atoms with E-state index in [2.05, 4.69) is 10.6 Å². The Morgan fingerprint density at radius 2 is 2.00 bits per heavy atom. The number of hydrogen-bond acceptors (Lipinski definition) is 3. The number of nitrogens with one attached hydrogen (secondary N) is 2. The fraction of sp³-hybridized carbons (Fsp3) is 0.0714. The van der Waals surface area contributed by atoms with E-state index in [-0.39, 0.29) is 0 Å². The lowest BCUT2D eigenvalue weighted by atomic mass is 10.3. The minimum absolute atomic E-state index is 0.406. The molecule has 0 spiro atoms. The van der Waals surface area contributed by atoms with Crippen molar-refractivity contribution in [1.82, 2.24) is 0 Å². The van der Waals surface area contributed by atoms with Gasteiger partial charge in [0.15, 0.2) is 0 Å². The molecule has 0 saturated heterocycles. The molecular formula is C14H14ClN3O2. The summed E-state index contributed by atoms with van der Waals surface area (Å²) in [5, 5.41) is 5.85. The number of carbonyl (C=O) groups is 1. The highest BCUT2D eigenvalue weighted by atomic mass is 35.5. The maximum absolute atomic E-state index is 11.9. The topological polar surface area (TPSA) is 76.4 Å². The molecule has 2 aromatic carbocycles. The number of carbonyl (C=O) groups excluding carboxylic acids is 1. The molecular weight excluding hydrogens is 278 g/mol. The predicted octanol–water partition coefficient (Wildman–Crippen LogP) is 3.57. The molecule has 0 heterocycles. The second-order valence-electron chi connectivity index (χ2n) is 4.05. The lowest BCUT2D eigenvalue weighted by Crippen LogP contribution is -2.19. The van der Waals surface area contributed by atoms with E-state index in [1.54, 1.807) is 42.5 Å². The van der Waals surface area contributed by atoms with Gasteiger partial charge in [0.1, 0.15) is 5.75 Å². The lowest BCUT2D eigenvalue weighted by Gasteiger charge is -2.11. The van der Waals surface area contributed by atoms with Crippen LogP contribution in [0.15, 0.2) is 42.5 Å². The van der Waals surface area contributed by atoms with Gasteiger partial charge in [0.05, 0.1) is 12.8 Å². The van der Waals surface area contributed by atoms with Gasteiger partial charge in [-0.25, -0.2) is 4.79 Å². The molecule has 0 aromatic heterocycles. The number of hydrogen-bond donors (Lipinski definition) is 3. The van der Waals surface area contributed by atoms with Crippen molar-refractivity contribution in [2.45, 2.75) is 0 Å². The molecule has 0 aliphatic heterocycles. The van der Waals surface area contributed by atoms with Crippen LogP contribution in [0.4, 0.5) is 21.9 Å². The molecule has 2 aromatic rings. The first kappa shape index (κ1) is 14.0. The van der Waals surface area contributed by atoms with Gasteiger partial charge in [-0.2, -0.15) is 0 Å². The van der Waals surface area contributed by atoms with Crippen LogP contribution in [0.3, 0.4) is 0 Å². The summed E-state index contributed by atoms with van der Waals surface area (Å²) in [5.74, 6) is 0.525. The number of nitrogens with two attached hydrogens (primary N) is 1. The van der Waals surface area contributed by atoms with Gasteiger partial charge < -0.3 is 21.1 Å². The molecule has 2 rings (SSSR count). The number of amides is 2. The van der Waals surface area contributed by atoms with Crippen LogP contribution < -0.4 is 21.1 Å². The van der Waals surface area contributed by atoms with Gasteiger partial charge in [-0.05, 0) is 36.4 Å². The molecule has 0 aliphatic rings. The van der Waals surface area contributed by atoms with Gasteiger partial charge >= 0.3 is 6.03 Å². The van der Waals surface area contributed by atoms with E-state index < -0.39 is 6.03 Å². The Hall–Kier alpha value is -2.40. The third-order valence-electron chi connectivity index (χ3n) is 2.55. The Morgan fingerprint density at radius 1 is 1.20 bits per heavy atom. The standard InChI is InChI=1S/C14H14ClN3O2/c1-20-13-6-5-9(15)7-12(13)18-14(19)17-11-4-2-3-10(16)8-11/h2-8H,16H2,1H3,(H2,17,18,19). The molecule has 20 heavy (non-hydrogen) atoms. The summed E-state index contributed by atoms with van der Waals surface area (Å²) in [6, 6.07) is 11.5. The second kappa shape index (κ2) is 6.16. The lowest BCUT2D eigenvalue weighted by molar-refractivity contribution is 0.262. The zero-order chi connectivity index (χ0) is 14.5. The highest BCUT2D eigenvalue weighted by Crippen LogP contribution is 2.27. The molecule has 104 valence electrons. The zero-order valence-corrected chi connectivity index (χ0v) is 11.6. The molecule has 6 heteroatoms. The molecule has 2 amide bonds. The average molecular weight is 292 g/mol. The zero-order valence-electron chi connectivity index (χ0n) is 10.8. The van der Waals surface area contributed by atoms with Gasteiger partial charge in [0, 0.05) is 16.4 Å². The number of anilines is 3. The fourth-order valence-corrected chi connectivity index (χ4v) is 1.85. The van der Waals surface area contributed by atoms with Crippen molar-refractivity contribution in [2.75, 3.05) is 23.5 Å². The summed E-state index contributed by atoms with van der Waals surface area (Å²) in [5.41, 5.74) is 7.30. The van der Waals surface area contributed by atoms with Crippen LogP contribution in [0.1, 0.15) is 0 Å². The first-order chi connectivity index (χ1) is 9.58. The van der Waals surface area contributed by atoms with Gasteiger partial charge in [-0.1, -0.05) is 17.7 Å². The summed E-state index contributed by atoms with van der Waals surface area (Å²) in [4.78, 5) is 11.9. The van der Waals surface area contributed by atoms with Gasteiger partial charge in [0.2, 0.25) is 0 Å². The highest BCUT2D eigenvalue weighted by molar-refractivity contribution is 6.31. The summed E-state index contributed by atoms with van der Waals surface area (Å²) in [7, 11) is 1.52. The molecule has 0 atom stereocenters. The Kier molecular flexibility index (Phi) is 4.32. The highest BCUT2D eigenvalue weighted by Gasteiger charge is 2.08. The van der Waals surface area contributed by atoms with Crippen LogP contribution in [-0.2, 0) is 0 Å². The Bertz CT molecular complexity index is 632. The van der Waals surface area contributed by atoms with Crippen molar-refractivity contribution in [3.05, 3.63) is 47.5 Å². The molecule has 4 N–H and O–H groups in total. The van der Waals surface area contributed by atoms with Crippen molar-refractivity contribution in [3.63, 3.8) is 0 Å². The van der Waals surface area contributed by atoms with Crippen LogP contribution in [0.25, 0.3) is 0 Å². The normalized spacial score (nSPS) is 9.90. The smallest absolute Gasteiger partial charge is 0.323 e. The Balaban J connectivity index is 2.10. The second-order valence-corrected chi connectivity index (χ2v) is 4.49. The van der Waals surface area contributed by atoms with Crippen molar-refractivity contribution in [2.24, 2.45) is 0 Å². The number of methoxy groups -OCH3 is 1. The maximum Gasteiger partial charge on any atom is 0.323 e. The van der Waals surface area contributed by atoms with Crippen LogP contribution in [0.2, 0.25) is 5.02 Å². The number of urea groups is 1. The van der Waals surface area contributed by atoms with Crippen molar-refractivity contribution in [1.29, 1.82) is 0 Å². The Labute approximate surface area is 121 Å². The van der Waals surface area contributed by atoms with Gasteiger partial charge in [0.25, 0.3) is 0 Å². The van der Waals surface area contributed by atoms with Crippen molar-refractivity contribution >= 4 is 34.7 Å². The number of nitrogen functional groups attached to an aromatic ring is 1. The van der Waals surface area contributed by atoms with E-state index in [0.29, 0.717) is 27.8 Å². The summed E-state index contributed by atoms with van der Waals surface area (Å²) >= 11 is 5.89. The quantitative estimate of drug-likeness (QED) is 0.757. The predicted molar refractivity (Wildman–Crippen MR) is 81.5 cm³/mol. The van der Waals surface area contributed by atoms with Gasteiger partial charge in [-0.3, -0.25) is 0 Å². The number of halogens is 1. The van der Waals surface area contributed by atoms with E-state index in [4.69, 9.17) is 22.1 Å². The average Bonchev–Trinajstić information content (AvgIpc) is 2.38. The Morgan fingerprint density at radius 3 is 2.70 bits per heavy atom. The van der Waals surface area contributed by atoms with Crippen LogP contribution in [0, 0.1) is 0 Å². The third-order valence-corrected chi connectivity index (χ3v) is 2.79. The molecule has 0 bridgehead atoms. The van der Waals surface area contributed by atoms with Crippen LogP contribution >= 0.6 is 11.6 Å². The van der Waals surface area contributed by atoms with Crippen molar-refractivity contribution < 1.29 is 9.53 Å². The number of rotatable bonds is 3. The molecule has 5 nitrogen and oxygen atoms in total. The SMILES string of the molecule is COc1ccc(Cl)cc1NC(=O)Nc1cccc(N)c1. The summed E-state index contributed by atoms with van der Waals surface area (Å²) in [6.07, 6.45) is 0. The first-order valence-electron chi connectivity index (χ1n) is 5.85. The summed E-state index contributed by atoms with van der Waals surface area (Å²) < 4.78 is 5.15. The van der Waals surface area contributed by atoms with E-state index in [0.717, 1.165) is 0 Å². The molecule has 0 radical (unpaired) electrons. The minimum Gasteiger partial charge on any atom is -0.495 e. The number of ether oxygens (including phenoxy) is 1.